The molecule has 1 fully saturated rings. The quantitative estimate of drug-likeness (QED) is 0.609. The van der Waals surface area contributed by atoms with Gasteiger partial charge in [-0.3, -0.25) is 4.90 Å². The first-order valence-electron chi connectivity index (χ1n) is 9.66. The van der Waals surface area contributed by atoms with E-state index in [1.807, 2.05) is 40.9 Å². The number of halogens is 3. The number of hydrogen-bond donors (Lipinski definition) is 0. The molecule has 30 heavy (non-hydrogen) atoms. The van der Waals surface area contributed by atoms with E-state index in [0.29, 0.717) is 5.69 Å². The van der Waals surface area contributed by atoms with Crippen LogP contribution in [0.2, 0.25) is 0 Å². The molecule has 2 aromatic heterocycles. The van der Waals surface area contributed by atoms with Gasteiger partial charge in [0.2, 0.25) is 0 Å². The van der Waals surface area contributed by atoms with Crippen molar-refractivity contribution in [3.8, 4) is 5.82 Å². The molecule has 0 saturated carbocycles. The van der Waals surface area contributed by atoms with Crippen LogP contribution < -0.4 is 4.90 Å². The second kappa shape index (κ2) is 9.82. The van der Waals surface area contributed by atoms with Crippen molar-refractivity contribution in [1.29, 1.82) is 0 Å². The molecule has 1 aromatic carbocycles. The van der Waals surface area contributed by atoms with Gasteiger partial charge in [0, 0.05) is 56.2 Å². The highest BCUT2D eigenvalue weighted by Crippen LogP contribution is 2.20. The van der Waals surface area contributed by atoms with Crippen LogP contribution in [-0.2, 0) is 0 Å². The second-order valence-electron chi connectivity index (χ2n) is 7.10. The van der Waals surface area contributed by atoms with Crippen molar-refractivity contribution in [3.63, 3.8) is 0 Å². The zero-order valence-corrected chi connectivity index (χ0v) is 17.5. The van der Waals surface area contributed by atoms with Crippen LogP contribution in [-0.4, -0.2) is 52.4 Å². The Hall–Kier alpha value is -2.77. The summed E-state index contributed by atoms with van der Waals surface area (Å²) in [5.41, 5.74) is 2.71. The molecular weight excluding hydrogens is 408 g/mol. The first-order chi connectivity index (χ1) is 14.1. The van der Waals surface area contributed by atoms with Crippen LogP contribution in [0.25, 0.3) is 11.9 Å². The normalized spacial score (nSPS) is 14.8. The summed E-state index contributed by atoms with van der Waals surface area (Å²) in [6.45, 7) is 6.02. The maximum atomic E-state index is 13.4. The van der Waals surface area contributed by atoms with Gasteiger partial charge in [-0.1, -0.05) is 18.2 Å². The zero-order valence-electron chi connectivity index (χ0n) is 16.7. The van der Waals surface area contributed by atoms with E-state index in [1.165, 1.54) is 12.1 Å². The van der Waals surface area contributed by atoms with E-state index in [2.05, 4.69) is 27.1 Å². The highest BCUT2D eigenvalue weighted by atomic mass is 35.5. The molecule has 0 spiro atoms. The van der Waals surface area contributed by atoms with E-state index < -0.39 is 11.6 Å². The average Bonchev–Trinajstić information content (AvgIpc) is 3.09. The number of hydrogen-bond acceptors (Lipinski definition) is 4. The van der Waals surface area contributed by atoms with Crippen molar-refractivity contribution in [2.24, 2.45) is 0 Å². The zero-order chi connectivity index (χ0) is 20.2. The second-order valence-corrected chi connectivity index (χ2v) is 7.10. The predicted molar refractivity (Wildman–Crippen MR) is 117 cm³/mol. The summed E-state index contributed by atoms with van der Waals surface area (Å²) in [4.78, 5) is 8.68. The molecule has 0 unspecified atom stereocenters. The maximum Gasteiger partial charge on any atom is 0.153 e. The van der Waals surface area contributed by atoms with E-state index in [9.17, 15) is 8.78 Å². The lowest BCUT2D eigenvalue weighted by Crippen LogP contribution is -2.46. The van der Waals surface area contributed by atoms with E-state index in [4.69, 9.17) is 0 Å². The van der Waals surface area contributed by atoms with Crippen LogP contribution in [0.4, 0.5) is 14.5 Å². The van der Waals surface area contributed by atoms with E-state index in [1.54, 1.807) is 6.20 Å². The molecule has 1 aliphatic rings. The van der Waals surface area contributed by atoms with Gasteiger partial charge >= 0.3 is 0 Å². The SMILES string of the molecule is Cc1c(C=CCN2CCN(c3cc(F)cc(F)c3)CC2)cnn1-c1ccccn1.Cl. The minimum Gasteiger partial charge on any atom is -0.369 e. The number of nitrogens with zero attached hydrogens (tertiary/aromatic N) is 5. The molecule has 1 aliphatic heterocycles. The minimum absolute atomic E-state index is 0. The summed E-state index contributed by atoms with van der Waals surface area (Å²) in [5.74, 6) is -0.270. The van der Waals surface area contributed by atoms with Crippen LogP contribution in [0.1, 0.15) is 11.3 Å². The van der Waals surface area contributed by atoms with Gasteiger partial charge in [0.15, 0.2) is 5.82 Å². The molecule has 8 heteroatoms. The molecule has 0 aliphatic carbocycles. The Bertz CT molecular complexity index is 978. The Kier molecular flexibility index (Phi) is 7.18. The smallest absolute Gasteiger partial charge is 0.153 e. The maximum absolute atomic E-state index is 13.4. The highest BCUT2D eigenvalue weighted by Gasteiger charge is 2.17. The minimum atomic E-state index is -0.535. The molecule has 0 N–H and O–H groups in total. The third-order valence-electron chi connectivity index (χ3n) is 5.16. The predicted octanol–water partition coefficient (Wildman–Crippen LogP) is 4.11. The van der Waals surface area contributed by atoms with Crippen molar-refractivity contribution in [2.45, 2.75) is 6.92 Å². The van der Waals surface area contributed by atoms with Crippen molar-refractivity contribution in [1.82, 2.24) is 19.7 Å². The Morgan fingerprint density at radius 1 is 1.03 bits per heavy atom. The molecule has 158 valence electrons. The van der Waals surface area contributed by atoms with Gasteiger partial charge in [0.1, 0.15) is 11.6 Å². The number of anilines is 1. The van der Waals surface area contributed by atoms with E-state index in [-0.39, 0.29) is 12.4 Å². The molecule has 0 bridgehead atoms. The summed E-state index contributed by atoms with van der Waals surface area (Å²) in [6, 6.07) is 9.44. The van der Waals surface area contributed by atoms with Crippen LogP contribution >= 0.6 is 12.4 Å². The lowest BCUT2D eigenvalue weighted by molar-refractivity contribution is 0.284. The molecule has 4 rings (SSSR count). The Balaban J connectivity index is 0.00000256. The van der Waals surface area contributed by atoms with Crippen molar-refractivity contribution in [2.75, 3.05) is 37.6 Å². The number of rotatable bonds is 5. The standard InChI is InChI=1S/C22H23F2N5.ClH/c1-17-18(16-26-29(17)22-6-2-3-7-25-22)5-4-8-27-9-11-28(12-10-27)21-14-19(23)13-20(24)15-21;/h2-7,13-16H,8-12H2,1H3;1H. The summed E-state index contributed by atoms with van der Waals surface area (Å²) < 4.78 is 28.7. The molecular formula is C22H24ClF2N5. The molecule has 0 atom stereocenters. The summed E-state index contributed by atoms with van der Waals surface area (Å²) >= 11 is 0. The van der Waals surface area contributed by atoms with Crippen molar-refractivity contribution in [3.05, 3.63) is 77.8 Å². The van der Waals surface area contributed by atoms with Crippen LogP contribution in [0, 0.1) is 18.6 Å². The van der Waals surface area contributed by atoms with Gasteiger partial charge in [-0.25, -0.2) is 18.4 Å². The van der Waals surface area contributed by atoms with Gasteiger partial charge < -0.3 is 4.90 Å². The highest BCUT2D eigenvalue weighted by molar-refractivity contribution is 5.85. The number of benzene rings is 1. The number of piperazine rings is 1. The summed E-state index contributed by atoms with van der Waals surface area (Å²) in [5, 5.41) is 4.43. The summed E-state index contributed by atoms with van der Waals surface area (Å²) in [6.07, 6.45) is 7.81. The summed E-state index contributed by atoms with van der Waals surface area (Å²) in [7, 11) is 0. The van der Waals surface area contributed by atoms with E-state index in [0.717, 1.165) is 55.9 Å². The van der Waals surface area contributed by atoms with Crippen LogP contribution in [0.15, 0.2) is 54.9 Å². The van der Waals surface area contributed by atoms with Crippen molar-refractivity contribution >= 4 is 24.2 Å². The van der Waals surface area contributed by atoms with Gasteiger partial charge in [-0.15, -0.1) is 12.4 Å². The van der Waals surface area contributed by atoms with Crippen molar-refractivity contribution < 1.29 is 8.78 Å². The van der Waals surface area contributed by atoms with Gasteiger partial charge in [-0.05, 0) is 31.2 Å². The fraction of sp³-hybridized carbons (Fsp3) is 0.273. The third kappa shape index (κ3) is 5.04. The van der Waals surface area contributed by atoms with Crippen LogP contribution in [0.5, 0.6) is 0 Å². The monoisotopic (exact) mass is 431 g/mol. The molecule has 3 aromatic rings. The van der Waals surface area contributed by atoms with Gasteiger partial charge in [0.25, 0.3) is 0 Å². The molecule has 3 heterocycles. The third-order valence-corrected chi connectivity index (χ3v) is 5.16. The number of pyridine rings is 1. The van der Waals surface area contributed by atoms with E-state index >= 15 is 0 Å². The fourth-order valence-electron chi connectivity index (χ4n) is 3.54. The first-order valence-corrected chi connectivity index (χ1v) is 9.66. The van der Waals surface area contributed by atoms with Crippen LogP contribution in [0.3, 0.4) is 0 Å². The average molecular weight is 432 g/mol. The topological polar surface area (TPSA) is 37.2 Å². The lowest BCUT2D eigenvalue weighted by Gasteiger charge is -2.35. The fourth-order valence-corrected chi connectivity index (χ4v) is 3.54. The van der Waals surface area contributed by atoms with Gasteiger partial charge in [-0.2, -0.15) is 5.10 Å². The largest absolute Gasteiger partial charge is 0.369 e. The van der Waals surface area contributed by atoms with Gasteiger partial charge in [0.05, 0.1) is 11.9 Å². The molecule has 0 amide bonds. The Morgan fingerprint density at radius 2 is 1.77 bits per heavy atom. The lowest BCUT2D eigenvalue weighted by atomic mass is 10.2. The Labute approximate surface area is 181 Å². The molecule has 5 nitrogen and oxygen atoms in total. The Morgan fingerprint density at radius 3 is 2.43 bits per heavy atom. The first kappa shape index (κ1) is 21.9. The molecule has 0 radical (unpaired) electrons. The molecule has 1 saturated heterocycles. The number of aromatic nitrogens is 3.